The molecule has 1 N–H and O–H groups in total. The summed E-state index contributed by atoms with van der Waals surface area (Å²) in [6, 6.07) is 10.4. The molecule has 1 aromatic rings. The van der Waals surface area contributed by atoms with Crippen molar-refractivity contribution in [1.82, 2.24) is 10.2 Å². The molecule has 2 fully saturated rings. The van der Waals surface area contributed by atoms with Crippen molar-refractivity contribution in [2.24, 2.45) is 10.4 Å². The summed E-state index contributed by atoms with van der Waals surface area (Å²) in [7, 11) is 0. The zero-order chi connectivity index (χ0) is 18.2. The number of nitrogens with one attached hydrogen (secondary N) is 1. The average molecular weight is 487 g/mol. The van der Waals surface area contributed by atoms with Crippen molar-refractivity contribution in [2.45, 2.75) is 39.2 Å². The normalized spacial score (nSPS) is 23.5. The van der Waals surface area contributed by atoms with Gasteiger partial charge in [-0.3, -0.25) is 4.99 Å². The first-order chi connectivity index (χ1) is 12.7. The van der Waals surface area contributed by atoms with E-state index in [0.717, 1.165) is 58.4 Å². The lowest BCUT2D eigenvalue weighted by molar-refractivity contribution is 0.0651. The van der Waals surface area contributed by atoms with Crippen LogP contribution in [0.15, 0.2) is 35.3 Å². The molecular formula is C21H34IN3O2. The van der Waals surface area contributed by atoms with Crippen LogP contribution in [0.1, 0.15) is 44.8 Å². The molecule has 0 bridgehead atoms. The van der Waals surface area contributed by atoms with Crippen molar-refractivity contribution in [3.63, 3.8) is 0 Å². The van der Waals surface area contributed by atoms with E-state index in [1.165, 1.54) is 18.4 Å². The average Bonchev–Trinajstić information content (AvgIpc) is 3.31. The Kier molecular flexibility index (Phi) is 9.32. The second-order valence-corrected chi connectivity index (χ2v) is 7.49. The maximum atomic E-state index is 5.95. The van der Waals surface area contributed by atoms with Crippen LogP contribution in [0.2, 0.25) is 0 Å². The Balaban J connectivity index is 0.00000261. The molecule has 27 heavy (non-hydrogen) atoms. The minimum absolute atomic E-state index is 0. The highest BCUT2D eigenvalue weighted by molar-refractivity contribution is 14.0. The largest absolute Gasteiger partial charge is 0.381 e. The van der Waals surface area contributed by atoms with Gasteiger partial charge in [-0.25, -0.2) is 0 Å². The van der Waals surface area contributed by atoms with Crippen molar-refractivity contribution in [1.29, 1.82) is 0 Å². The molecule has 2 aliphatic heterocycles. The van der Waals surface area contributed by atoms with Gasteiger partial charge in [0.2, 0.25) is 0 Å². The quantitative estimate of drug-likeness (QED) is 0.275. The van der Waals surface area contributed by atoms with Gasteiger partial charge in [0, 0.05) is 44.8 Å². The molecular weight excluding hydrogens is 453 g/mol. The van der Waals surface area contributed by atoms with Crippen LogP contribution in [0.25, 0.3) is 0 Å². The molecule has 3 rings (SSSR count). The zero-order valence-corrected chi connectivity index (χ0v) is 19.0. The maximum absolute atomic E-state index is 5.95. The number of hydrogen-bond acceptors (Lipinski definition) is 3. The highest BCUT2D eigenvalue weighted by Crippen LogP contribution is 2.38. The van der Waals surface area contributed by atoms with Gasteiger partial charge in [-0.05, 0) is 38.7 Å². The van der Waals surface area contributed by atoms with E-state index in [2.05, 4.69) is 48.3 Å². The second-order valence-electron chi connectivity index (χ2n) is 7.49. The molecule has 2 heterocycles. The minimum atomic E-state index is 0. The van der Waals surface area contributed by atoms with E-state index in [9.17, 15) is 0 Å². The van der Waals surface area contributed by atoms with E-state index in [0.29, 0.717) is 5.41 Å². The molecule has 0 saturated carbocycles. The first kappa shape index (κ1) is 22.4. The molecule has 2 atom stereocenters. The molecule has 2 unspecified atom stereocenters. The lowest BCUT2D eigenvalue weighted by atomic mass is 9.87. The first-order valence-electron chi connectivity index (χ1n) is 10.00. The molecule has 5 nitrogen and oxygen atoms in total. The van der Waals surface area contributed by atoms with Crippen LogP contribution in [0.5, 0.6) is 0 Å². The van der Waals surface area contributed by atoms with Gasteiger partial charge in [0.15, 0.2) is 5.96 Å². The third kappa shape index (κ3) is 6.32. The lowest BCUT2D eigenvalue weighted by Gasteiger charge is -2.25. The van der Waals surface area contributed by atoms with Crippen molar-refractivity contribution in [2.75, 3.05) is 46.0 Å². The Hall–Kier alpha value is -0.860. The predicted molar refractivity (Wildman–Crippen MR) is 121 cm³/mol. The van der Waals surface area contributed by atoms with Gasteiger partial charge in [0.25, 0.3) is 0 Å². The van der Waals surface area contributed by atoms with Gasteiger partial charge in [-0.15, -0.1) is 24.0 Å². The summed E-state index contributed by atoms with van der Waals surface area (Å²) >= 11 is 0. The van der Waals surface area contributed by atoms with Crippen molar-refractivity contribution < 1.29 is 9.47 Å². The summed E-state index contributed by atoms with van der Waals surface area (Å²) in [6.07, 6.45) is 3.48. The Morgan fingerprint density at radius 3 is 2.85 bits per heavy atom. The number of benzene rings is 1. The van der Waals surface area contributed by atoms with Gasteiger partial charge in [0.1, 0.15) is 0 Å². The number of guanidine groups is 1. The van der Waals surface area contributed by atoms with Gasteiger partial charge < -0.3 is 19.7 Å². The summed E-state index contributed by atoms with van der Waals surface area (Å²) in [5, 5.41) is 3.45. The molecule has 152 valence electrons. The lowest BCUT2D eigenvalue weighted by Crippen LogP contribution is -2.41. The Morgan fingerprint density at radius 1 is 1.33 bits per heavy atom. The summed E-state index contributed by atoms with van der Waals surface area (Å²) in [5.74, 6) is 1.05. The topological polar surface area (TPSA) is 46.1 Å². The van der Waals surface area contributed by atoms with Crippen LogP contribution >= 0.6 is 24.0 Å². The Bertz CT molecular complexity index is 576. The van der Waals surface area contributed by atoms with Crippen LogP contribution in [0, 0.1) is 5.41 Å². The van der Waals surface area contributed by atoms with E-state index >= 15 is 0 Å². The van der Waals surface area contributed by atoms with Gasteiger partial charge >= 0.3 is 0 Å². The molecule has 0 aliphatic carbocycles. The SMILES string of the molecule is CCNC(=NCCCOC(C)c1ccccc1)N1CCC2(CCOC2)C1.I. The fourth-order valence-electron chi connectivity index (χ4n) is 3.84. The monoisotopic (exact) mass is 487 g/mol. The molecule has 2 aliphatic rings. The number of hydrogen-bond donors (Lipinski definition) is 1. The van der Waals surface area contributed by atoms with E-state index in [1.54, 1.807) is 0 Å². The van der Waals surface area contributed by atoms with Gasteiger partial charge in [0.05, 0.1) is 12.7 Å². The van der Waals surface area contributed by atoms with E-state index in [-0.39, 0.29) is 30.1 Å². The fourth-order valence-corrected chi connectivity index (χ4v) is 3.84. The highest BCUT2D eigenvalue weighted by atomic mass is 127. The minimum Gasteiger partial charge on any atom is -0.381 e. The standard InChI is InChI=1S/C21H33N3O2.HI/c1-3-22-20(24-13-10-21(16-24)11-15-25-17-21)23-12-7-14-26-18(2)19-8-5-4-6-9-19;/h4-6,8-9,18H,3,7,10-17H2,1-2H3,(H,22,23);1H. The number of rotatable bonds is 7. The van der Waals surface area contributed by atoms with E-state index < -0.39 is 0 Å². The van der Waals surface area contributed by atoms with Crippen molar-refractivity contribution >= 4 is 29.9 Å². The molecule has 0 radical (unpaired) electrons. The van der Waals surface area contributed by atoms with Crippen LogP contribution in [0.4, 0.5) is 0 Å². The Morgan fingerprint density at radius 2 is 2.15 bits per heavy atom. The molecule has 2 saturated heterocycles. The predicted octanol–water partition coefficient (Wildman–Crippen LogP) is 3.85. The number of likely N-dealkylation sites (tertiary alicyclic amines) is 1. The summed E-state index contributed by atoms with van der Waals surface area (Å²) in [5.41, 5.74) is 1.59. The van der Waals surface area contributed by atoms with Crippen LogP contribution < -0.4 is 5.32 Å². The summed E-state index contributed by atoms with van der Waals surface area (Å²) in [6.45, 7) is 10.6. The van der Waals surface area contributed by atoms with E-state index in [1.807, 2.05) is 6.07 Å². The fraction of sp³-hybridized carbons (Fsp3) is 0.667. The van der Waals surface area contributed by atoms with Gasteiger partial charge in [-0.1, -0.05) is 30.3 Å². The van der Waals surface area contributed by atoms with Crippen molar-refractivity contribution in [3.05, 3.63) is 35.9 Å². The smallest absolute Gasteiger partial charge is 0.193 e. The summed E-state index contributed by atoms with van der Waals surface area (Å²) < 4.78 is 11.6. The van der Waals surface area contributed by atoms with Crippen LogP contribution in [0.3, 0.4) is 0 Å². The third-order valence-corrected chi connectivity index (χ3v) is 5.46. The van der Waals surface area contributed by atoms with Crippen molar-refractivity contribution in [3.8, 4) is 0 Å². The van der Waals surface area contributed by atoms with E-state index in [4.69, 9.17) is 14.5 Å². The number of ether oxygens (including phenoxy) is 2. The third-order valence-electron chi connectivity index (χ3n) is 5.46. The molecule has 0 amide bonds. The number of nitrogens with zero attached hydrogens (tertiary/aromatic N) is 2. The molecule has 1 aromatic carbocycles. The number of aliphatic imine (C=N–C) groups is 1. The summed E-state index contributed by atoms with van der Waals surface area (Å²) in [4.78, 5) is 7.24. The Labute approximate surface area is 180 Å². The maximum Gasteiger partial charge on any atom is 0.193 e. The molecule has 0 aromatic heterocycles. The van der Waals surface area contributed by atoms with Crippen LogP contribution in [-0.4, -0.2) is 56.9 Å². The second kappa shape index (κ2) is 11.2. The zero-order valence-electron chi connectivity index (χ0n) is 16.7. The molecule has 6 heteroatoms. The van der Waals surface area contributed by atoms with Crippen LogP contribution in [-0.2, 0) is 9.47 Å². The first-order valence-corrected chi connectivity index (χ1v) is 10.00. The highest BCUT2D eigenvalue weighted by Gasteiger charge is 2.42. The number of halogens is 1. The van der Waals surface area contributed by atoms with Gasteiger partial charge in [-0.2, -0.15) is 0 Å². The molecule has 1 spiro atoms.